The summed E-state index contributed by atoms with van der Waals surface area (Å²) < 4.78 is 5.58. The molecule has 0 aromatic carbocycles. The van der Waals surface area contributed by atoms with E-state index >= 15 is 0 Å². The summed E-state index contributed by atoms with van der Waals surface area (Å²) in [5.74, 6) is 0.505. The van der Waals surface area contributed by atoms with Crippen molar-refractivity contribution >= 4 is 11.9 Å². The van der Waals surface area contributed by atoms with E-state index in [0.717, 1.165) is 25.0 Å². The van der Waals surface area contributed by atoms with Gasteiger partial charge >= 0.3 is 5.97 Å². The van der Waals surface area contributed by atoms with Gasteiger partial charge in [0.15, 0.2) is 0 Å². The summed E-state index contributed by atoms with van der Waals surface area (Å²) in [6, 6.07) is 1.75. The van der Waals surface area contributed by atoms with Crippen molar-refractivity contribution in [3.8, 4) is 0 Å². The Morgan fingerprint density at radius 1 is 1.32 bits per heavy atom. The lowest BCUT2D eigenvalue weighted by atomic mass is 9.74. The highest BCUT2D eigenvalue weighted by atomic mass is 16.4. The van der Waals surface area contributed by atoms with E-state index in [1.165, 1.54) is 0 Å². The first kappa shape index (κ1) is 16.6. The molecule has 22 heavy (non-hydrogen) atoms. The third kappa shape index (κ3) is 3.34. The van der Waals surface area contributed by atoms with Crippen LogP contribution in [0.2, 0.25) is 0 Å². The van der Waals surface area contributed by atoms with Gasteiger partial charge in [-0.1, -0.05) is 33.1 Å². The Labute approximate surface area is 131 Å². The van der Waals surface area contributed by atoms with E-state index in [-0.39, 0.29) is 18.4 Å². The molecule has 1 aliphatic rings. The predicted molar refractivity (Wildman–Crippen MR) is 83.0 cm³/mol. The zero-order valence-corrected chi connectivity index (χ0v) is 13.6. The number of aryl methyl sites for hydroxylation is 1. The van der Waals surface area contributed by atoms with E-state index < -0.39 is 11.4 Å². The van der Waals surface area contributed by atoms with Gasteiger partial charge in [-0.2, -0.15) is 0 Å². The van der Waals surface area contributed by atoms with Gasteiger partial charge in [0, 0.05) is 12.5 Å². The second kappa shape index (κ2) is 6.55. The smallest absolute Gasteiger partial charge is 0.311 e. The van der Waals surface area contributed by atoms with Crippen molar-refractivity contribution in [1.29, 1.82) is 0 Å². The Bertz CT molecular complexity index is 553. The lowest BCUT2D eigenvalue weighted by Gasteiger charge is -2.33. The van der Waals surface area contributed by atoms with Crippen LogP contribution in [0.25, 0.3) is 0 Å². The first-order chi connectivity index (χ1) is 10.4. The maximum absolute atomic E-state index is 12.3. The molecule has 0 aliphatic heterocycles. The van der Waals surface area contributed by atoms with Gasteiger partial charge in [-0.25, -0.2) is 0 Å². The highest BCUT2D eigenvalue weighted by molar-refractivity contribution is 5.95. The molecule has 0 spiro atoms. The van der Waals surface area contributed by atoms with E-state index in [9.17, 15) is 14.7 Å². The molecule has 1 aliphatic carbocycles. The van der Waals surface area contributed by atoms with Crippen LogP contribution in [-0.4, -0.2) is 23.5 Å². The van der Waals surface area contributed by atoms with E-state index in [4.69, 9.17) is 4.42 Å². The molecule has 2 rings (SSSR count). The predicted octanol–water partition coefficient (Wildman–Crippen LogP) is 3.48. The topological polar surface area (TPSA) is 79.5 Å². The van der Waals surface area contributed by atoms with Crippen molar-refractivity contribution in [3.63, 3.8) is 0 Å². The molecule has 0 atom stereocenters. The average molecular weight is 307 g/mol. The van der Waals surface area contributed by atoms with Crippen LogP contribution in [0, 0.1) is 12.3 Å². The van der Waals surface area contributed by atoms with Crippen molar-refractivity contribution in [2.45, 2.75) is 58.8 Å². The number of carbonyl (C=O) groups is 2. The summed E-state index contributed by atoms with van der Waals surface area (Å²) in [4.78, 5) is 24.0. The number of hydrogen-bond donors (Lipinski definition) is 2. The van der Waals surface area contributed by atoms with E-state index in [2.05, 4.69) is 5.32 Å². The molecule has 0 radical (unpaired) electrons. The van der Waals surface area contributed by atoms with E-state index in [1.54, 1.807) is 13.0 Å². The number of carbonyl (C=O) groups excluding carboxylic acids is 1. The molecule has 0 saturated heterocycles. The Morgan fingerprint density at radius 3 is 2.45 bits per heavy atom. The number of carboxylic acid groups (broad SMARTS) is 1. The standard InChI is InChI=1S/C17H25NO4/c1-11(2)14-9-13(12(3)22-14)15(19)18-10-17(16(20)21)7-5-4-6-8-17/h9,11H,4-8,10H2,1-3H3,(H,18,19)(H,20,21). The summed E-state index contributed by atoms with van der Waals surface area (Å²) in [5.41, 5.74) is -0.313. The molecular formula is C17H25NO4. The minimum atomic E-state index is -0.813. The molecule has 2 N–H and O–H groups in total. The largest absolute Gasteiger partial charge is 0.481 e. The number of aliphatic carboxylic acids is 1. The van der Waals surface area contributed by atoms with Crippen molar-refractivity contribution in [2.24, 2.45) is 5.41 Å². The molecule has 5 nitrogen and oxygen atoms in total. The molecule has 0 unspecified atom stereocenters. The number of hydrogen-bond acceptors (Lipinski definition) is 3. The van der Waals surface area contributed by atoms with E-state index in [0.29, 0.717) is 24.2 Å². The van der Waals surface area contributed by atoms with Crippen molar-refractivity contribution < 1.29 is 19.1 Å². The second-order valence-corrected chi connectivity index (χ2v) is 6.60. The number of nitrogens with one attached hydrogen (secondary N) is 1. The van der Waals surface area contributed by atoms with Crippen LogP contribution in [0.1, 0.15) is 73.7 Å². The Hall–Kier alpha value is -1.78. The van der Waals surface area contributed by atoms with Crippen LogP contribution in [-0.2, 0) is 4.79 Å². The fraction of sp³-hybridized carbons (Fsp3) is 0.647. The van der Waals surface area contributed by atoms with Crippen LogP contribution >= 0.6 is 0 Å². The number of carboxylic acids is 1. The SMILES string of the molecule is Cc1oc(C(C)C)cc1C(=O)NCC1(C(=O)O)CCCCC1. The van der Waals surface area contributed by atoms with Gasteiger partial charge in [-0.05, 0) is 25.8 Å². The molecule has 122 valence electrons. The van der Waals surface area contributed by atoms with Gasteiger partial charge in [0.25, 0.3) is 5.91 Å². The van der Waals surface area contributed by atoms with Gasteiger partial charge in [-0.15, -0.1) is 0 Å². The number of amides is 1. The highest BCUT2D eigenvalue weighted by Gasteiger charge is 2.40. The zero-order chi connectivity index (χ0) is 16.3. The Kier molecular flexibility index (Phi) is 4.94. The molecule has 1 saturated carbocycles. The number of rotatable bonds is 5. The minimum absolute atomic E-state index is 0.183. The Morgan fingerprint density at radius 2 is 1.95 bits per heavy atom. The summed E-state index contributed by atoms with van der Waals surface area (Å²) in [6.45, 7) is 5.94. The maximum atomic E-state index is 12.3. The normalized spacial score (nSPS) is 17.5. The molecular weight excluding hydrogens is 282 g/mol. The van der Waals surface area contributed by atoms with Crippen LogP contribution in [0.4, 0.5) is 0 Å². The zero-order valence-electron chi connectivity index (χ0n) is 13.6. The van der Waals surface area contributed by atoms with Gasteiger partial charge < -0.3 is 14.8 Å². The molecule has 1 aromatic rings. The lowest BCUT2D eigenvalue weighted by Crippen LogP contribution is -2.44. The second-order valence-electron chi connectivity index (χ2n) is 6.60. The van der Waals surface area contributed by atoms with Crippen molar-refractivity contribution in [2.75, 3.05) is 6.54 Å². The average Bonchev–Trinajstić information content (AvgIpc) is 2.88. The van der Waals surface area contributed by atoms with E-state index in [1.807, 2.05) is 13.8 Å². The van der Waals surface area contributed by atoms with Crippen LogP contribution in [0.5, 0.6) is 0 Å². The van der Waals surface area contributed by atoms with Gasteiger partial charge in [0.1, 0.15) is 11.5 Å². The fourth-order valence-corrected chi connectivity index (χ4v) is 3.05. The highest BCUT2D eigenvalue weighted by Crippen LogP contribution is 2.36. The molecule has 5 heteroatoms. The van der Waals surface area contributed by atoms with Gasteiger partial charge in [0.2, 0.25) is 0 Å². The molecule has 0 bridgehead atoms. The first-order valence-corrected chi connectivity index (χ1v) is 7.98. The van der Waals surface area contributed by atoms with Crippen LogP contribution in [0.15, 0.2) is 10.5 Å². The fourth-order valence-electron chi connectivity index (χ4n) is 3.05. The van der Waals surface area contributed by atoms with Crippen molar-refractivity contribution in [3.05, 3.63) is 23.2 Å². The van der Waals surface area contributed by atoms with Gasteiger partial charge in [-0.3, -0.25) is 9.59 Å². The monoisotopic (exact) mass is 307 g/mol. The molecule has 1 amide bonds. The third-order valence-electron chi connectivity index (χ3n) is 4.60. The molecule has 1 aromatic heterocycles. The van der Waals surface area contributed by atoms with Crippen LogP contribution < -0.4 is 5.32 Å². The first-order valence-electron chi connectivity index (χ1n) is 7.98. The summed E-state index contributed by atoms with van der Waals surface area (Å²) >= 11 is 0. The quantitative estimate of drug-likeness (QED) is 0.873. The summed E-state index contributed by atoms with van der Waals surface area (Å²) in [5, 5.41) is 12.3. The Balaban J connectivity index is 2.07. The lowest BCUT2D eigenvalue weighted by molar-refractivity contribution is -0.150. The molecule has 1 fully saturated rings. The maximum Gasteiger partial charge on any atom is 0.311 e. The van der Waals surface area contributed by atoms with Crippen LogP contribution in [0.3, 0.4) is 0 Å². The number of furan rings is 1. The minimum Gasteiger partial charge on any atom is -0.481 e. The van der Waals surface area contributed by atoms with Gasteiger partial charge in [0.05, 0.1) is 11.0 Å². The molecule has 1 heterocycles. The van der Waals surface area contributed by atoms with Crippen molar-refractivity contribution in [1.82, 2.24) is 5.32 Å². The third-order valence-corrected chi connectivity index (χ3v) is 4.60. The summed E-state index contributed by atoms with van der Waals surface area (Å²) in [6.07, 6.45) is 4.14. The summed E-state index contributed by atoms with van der Waals surface area (Å²) in [7, 11) is 0.